The predicted octanol–water partition coefficient (Wildman–Crippen LogP) is 2.34. The summed E-state index contributed by atoms with van der Waals surface area (Å²) >= 11 is 0. The van der Waals surface area contributed by atoms with E-state index in [0.29, 0.717) is 18.9 Å². The second-order valence-electron chi connectivity index (χ2n) is 6.18. The van der Waals surface area contributed by atoms with E-state index in [4.69, 9.17) is 5.73 Å². The molecule has 1 aromatic carbocycles. The number of halogens is 2. The highest BCUT2D eigenvalue weighted by Gasteiger charge is 2.17. The molecule has 0 atom stereocenters. The molecule has 2 rings (SSSR count). The summed E-state index contributed by atoms with van der Waals surface area (Å²) in [6, 6.07) is 2.82. The Morgan fingerprint density at radius 2 is 1.64 bits per heavy atom. The molecule has 0 fully saturated rings. The standard InChI is InChI=1S/C19H22F2N4O3/c1-3-7-24-17(22)16(18(27)25(8-4-2)19(24)28)23-15(26)6-5-12-9-13(20)11-14(21)10-12/h5-6,9-11H,3-4,7-8,22H2,1-2H3,(H,23,26)/b6-5+. The maximum atomic E-state index is 13.2. The van der Waals surface area contributed by atoms with E-state index in [9.17, 15) is 23.2 Å². The van der Waals surface area contributed by atoms with Crippen LogP contribution in [0.1, 0.15) is 32.3 Å². The third-order valence-electron chi connectivity index (χ3n) is 3.92. The molecule has 28 heavy (non-hydrogen) atoms. The van der Waals surface area contributed by atoms with Gasteiger partial charge >= 0.3 is 5.69 Å². The Hall–Kier alpha value is -3.23. The van der Waals surface area contributed by atoms with Crippen LogP contribution in [0.15, 0.2) is 33.9 Å². The van der Waals surface area contributed by atoms with E-state index in [1.54, 1.807) is 0 Å². The highest BCUT2D eigenvalue weighted by atomic mass is 19.1. The van der Waals surface area contributed by atoms with Crippen molar-refractivity contribution in [3.05, 3.63) is 62.3 Å². The van der Waals surface area contributed by atoms with Crippen molar-refractivity contribution in [3.63, 3.8) is 0 Å². The van der Waals surface area contributed by atoms with E-state index >= 15 is 0 Å². The molecule has 150 valence electrons. The summed E-state index contributed by atoms with van der Waals surface area (Å²) in [5.74, 6) is -2.42. The van der Waals surface area contributed by atoms with Crippen LogP contribution in [-0.4, -0.2) is 15.0 Å². The minimum atomic E-state index is -0.779. The summed E-state index contributed by atoms with van der Waals surface area (Å²) in [6.45, 7) is 4.13. The van der Waals surface area contributed by atoms with Gasteiger partial charge in [0.05, 0.1) is 0 Å². The molecule has 1 amide bonds. The molecule has 3 N–H and O–H groups in total. The summed E-state index contributed by atoms with van der Waals surface area (Å²) in [6.07, 6.45) is 3.37. The fraction of sp³-hybridized carbons (Fsp3) is 0.316. The smallest absolute Gasteiger partial charge is 0.332 e. The first-order valence-corrected chi connectivity index (χ1v) is 8.86. The van der Waals surface area contributed by atoms with Gasteiger partial charge in [-0.1, -0.05) is 13.8 Å². The van der Waals surface area contributed by atoms with Gasteiger partial charge in [0.25, 0.3) is 5.56 Å². The summed E-state index contributed by atoms with van der Waals surface area (Å²) in [7, 11) is 0. The Morgan fingerprint density at radius 3 is 2.21 bits per heavy atom. The molecule has 1 aromatic heterocycles. The molecule has 0 aliphatic carbocycles. The summed E-state index contributed by atoms with van der Waals surface area (Å²) in [4.78, 5) is 37.2. The minimum absolute atomic E-state index is 0.136. The Labute approximate surface area is 160 Å². The number of carbonyl (C=O) groups is 1. The molecule has 7 nitrogen and oxygen atoms in total. The lowest BCUT2D eigenvalue weighted by Gasteiger charge is -2.16. The molecule has 0 aliphatic rings. The van der Waals surface area contributed by atoms with E-state index in [0.717, 1.165) is 22.8 Å². The number of nitrogens with two attached hydrogens (primary N) is 1. The van der Waals surface area contributed by atoms with Crippen molar-refractivity contribution in [2.24, 2.45) is 0 Å². The molecule has 0 saturated carbocycles. The molecule has 9 heteroatoms. The van der Waals surface area contributed by atoms with Crippen LogP contribution in [0, 0.1) is 11.6 Å². The molecule has 1 heterocycles. The van der Waals surface area contributed by atoms with Gasteiger partial charge in [-0.05, 0) is 36.6 Å². The zero-order valence-electron chi connectivity index (χ0n) is 15.7. The summed E-state index contributed by atoms with van der Waals surface area (Å²) in [5.41, 5.74) is 4.64. The number of nitrogens with one attached hydrogen (secondary N) is 1. The molecule has 2 aromatic rings. The normalized spacial score (nSPS) is 11.1. The van der Waals surface area contributed by atoms with Gasteiger partial charge in [-0.25, -0.2) is 13.6 Å². The SMILES string of the molecule is CCCn1c(N)c(NC(=O)/C=C/c2cc(F)cc(F)c2)c(=O)n(CCC)c1=O. The van der Waals surface area contributed by atoms with Gasteiger partial charge < -0.3 is 11.1 Å². The monoisotopic (exact) mass is 392 g/mol. The second kappa shape index (κ2) is 9.12. The second-order valence-corrected chi connectivity index (χ2v) is 6.18. The van der Waals surface area contributed by atoms with Crippen LogP contribution in [0.4, 0.5) is 20.3 Å². The molecule has 0 bridgehead atoms. The van der Waals surface area contributed by atoms with E-state index < -0.39 is 28.8 Å². The number of nitrogens with zero attached hydrogens (tertiary/aromatic N) is 2. The van der Waals surface area contributed by atoms with E-state index in [2.05, 4.69) is 5.32 Å². The van der Waals surface area contributed by atoms with Crippen LogP contribution >= 0.6 is 0 Å². The van der Waals surface area contributed by atoms with Crippen LogP contribution in [0.25, 0.3) is 6.08 Å². The number of carbonyl (C=O) groups excluding carboxylic acids is 1. The zero-order chi connectivity index (χ0) is 20.8. The third kappa shape index (κ3) is 4.73. The van der Waals surface area contributed by atoms with Crippen LogP contribution in [0.5, 0.6) is 0 Å². The van der Waals surface area contributed by atoms with E-state index in [1.807, 2.05) is 13.8 Å². The number of rotatable bonds is 7. The first-order valence-electron chi connectivity index (χ1n) is 8.86. The van der Waals surface area contributed by atoms with Crippen LogP contribution in [0.3, 0.4) is 0 Å². The van der Waals surface area contributed by atoms with Crippen molar-refractivity contribution in [2.45, 2.75) is 39.8 Å². The lowest BCUT2D eigenvalue weighted by atomic mass is 10.2. The highest BCUT2D eigenvalue weighted by molar-refractivity contribution is 6.03. The highest BCUT2D eigenvalue weighted by Crippen LogP contribution is 2.13. The van der Waals surface area contributed by atoms with Crippen LogP contribution in [-0.2, 0) is 17.9 Å². The van der Waals surface area contributed by atoms with Crippen molar-refractivity contribution in [3.8, 4) is 0 Å². The first-order chi connectivity index (χ1) is 13.3. The lowest BCUT2D eigenvalue weighted by Crippen LogP contribution is -2.42. The topological polar surface area (TPSA) is 99.1 Å². The zero-order valence-corrected chi connectivity index (χ0v) is 15.7. The molecule has 0 unspecified atom stereocenters. The predicted molar refractivity (Wildman–Crippen MR) is 104 cm³/mol. The molecular formula is C19H22F2N4O3. The van der Waals surface area contributed by atoms with Crippen molar-refractivity contribution < 1.29 is 13.6 Å². The van der Waals surface area contributed by atoms with E-state index in [-0.39, 0.29) is 30.2 Å². The number of amides is 1. The number of aromatic nitrogens is 2. The van der Waals surface area contributed by atoms with Crippen molar-refractivity contribution in [1.29, 1.82) is 0 Å². The van der Waals surface area contributed by atoms with Gasteiger partial charge in [0, 0.05) is 25.2 Å². The molecular weight excluding hydrogens is 370 g/mol. The maximum Gasteiger partial charge on any atom is 0.332 e. The quantitative estimate of drug-likeness (QED) is 0.707. The van der Waals surface area contributed by atoms with Crippen LogP contribution < -0.4 is 22.3 Å². The van der Waals surface area contributed by atoms with Gasteiger partial charge in [0.1, 0.15) is 23.1 Å². The largest absolute Gasteiger partial charge is 0.383 e. The number of hydrogen-bond donors (Lipinski definition) is 2. The van der Waals surface area contributed by atoms with E-state index in [1.165, 1.54) is 10.6 Å². The van der Waals surface area contributed by atoms with Crippen LogP contribution in [0.2, 0.25) is 0 Å². The van der Waals surface area contributed by atoms with Gasteiger partial charge in [0.2, 0.25) is 5.91 Å². The Morgan fingerprint density at radius 1 is 1.07 bits per heavy atom. The van der Waals surface area contributed by atoms with Crippen molar-refractivity contribution in [1.82, 2.24) is 9.13 Å². The average Bonchev–Trinajstić information content (AvgIpc) is 2.63. The Kier molecular flexibility index (Phi) is 6.86. The Balaban J connectivity index is 2.38. The van der Waals surface area contributed by atoms with Gasteiger partial charge in [0.15, 0.2) is 0 Å². The number of nitrogen functional groups attached to an aromatic ring is 1. The number of hydrogen-bond acceptors (Lipinski definition) is 4. The Bertz CT molecular complexity index is 1000. The minimum Gasteiger partial charge on any atom is -0.383 e. The fourth-order valence-corrected chi connectivity index (χ4v) is 2.70. The maximum absolute atomic E-state index is 13.2. The first kappa shape index (κ1) is 21.1. The summed E-state index contributed by atoms with van der Waals surface area (Å²) < 4.78 is 28.7. The van der Waals surface area contributed by atoms with Gasteiger partial charge in [-0.2, -0.15) is 0 Å². The van der Waals surface area contributed by atoms with Gasteiger partial charge in [-0.3, -0.25) is 18.7 Å². The average molecular weight is 392 g/mol. The lowest BCUT2D eigenvalue weighted by molar-refractivity contribution is -0.111. The third-order valence-corrected chi connectivity index (χ3v) is 3.92. The van der Waals surface area contributed by atoms with Gasteiger partial charge in [-0.15, -0.1) is 0 Å². The molecule has 0 aliphatic heterocycles. The molecule has 0 spiro atoms. The van der Waals surface area contributed by atoms with Crippen molar-refractivity contribution >= 4 is 23.5 Å². The molecule has 0 radical (unpaired) electrons. The number of benzene rings is 1. The summed E-state index contributed by atoms with van der Waals surface area (Å²) in [5, 5.41) is 2.37. The fourth-order valence-electron chi connectivity index (χ4n) is 2.70. The van der Waals surface area contributed by atoms with Crippen molar-refractivity contribution in [2.75, 3.05) is 11.1 Å². The molecule has 0 saturated heterocycles. The number of anilines is 2.